The first-order valence-corrected chi connectivity index (χ1v) is 10.3. The Morgan fingerprint density at radius 3 is 2.45 bits per heavy atom. The Labute approximate surface area is 143 Å². The molecule has 2 nitrogen and oxygen atoms in total. The first kappa shape index (κ1) is 15.9. The van der Waals surface area contributed by atoms with Crippen LogP contribution in [0.5, 0.6) is 0 Å². The maximum atomic E-state index is 11.0. The third kappa shape index (κ3) is 1.97. The van der Waals surface area contributed by atoms with Gasteiger partial charge in [-0.15, -0.1) is 0 Å². The topological polar surface area (TPSA) is 40.5 Å². The number of aliphatic hydroxyl groups is 2. The summed E-state index contributed by atoms with van der Waals surface area (Å²) in [6, 6.07) is 0. The second-order valence-corrected chi connectivity index (χ2v) is 10.5. The van der Waals surface area contributed by atoms with E-state index >= 15 is 0 Å². The molecule has 0 saturated heterocycles. The van der Waals surface area contributed by atoms with E-state index in [4.69, 9.17) is 0 Å². The minimum Gasteiger partial charge on any atom is -0.393 e. The highest BCUT2D eigenvalue weighted by Crippen LogP contribution is 2.66. The molecule has 4 saturated carbocycles. The van der Waals surface area contributed by atoms with Crippen LogP contribution in [0.4, 0.5) is 0 Å². The van der Waals surface area contributed by atoms with Crippen molar-refractivity contribution in [1.82, 2.24) is 0 Å². The first-order valence-electron chi connectivity index (χ1n) is 9.38. The van der Waals surface area contributed by atoms with Gasteiger partial charge >= 0.3 is 0 Å². The van der Waals surface area contributed by atoms with E-state index in [-0.39, 0.29) is 22.5 Å². The van der Waals surface area contributed by atoms with Crippen LogP contribution >= 0.6 is 15.9 Å². The molecule has 4 rings (SSSR count). The zero-order valence-corrected chi connectivity index (χ0v) is 15.6. The summed E-state index contributed by atoms with van der Waals surface area (Å²) in [7, 11) is 0. The van der Waals surface area contributed by atoms with Crippen molar-refractivity contribution in [2.75, 3.05) is 0 Å². The van der Waals surface area contributed by atoms with Gasteiger partial charge in [0, 0.05) is 4.83 Å². The van der Waals surface area contributed by atoms with Crippen molar-refractivity contribution in [3.8, 4) is 0 Å². The number of fused-ring (bicyclic) bond motifs is 5. The lowest BCUT2D eigenvalue weighted by molar-refractivity contribution is -0.167. The third-order valence-corrected chi connectivity index (χ3v) is 9.41. The van der Waals surface area contributed by atoms with Gasteiger partial charge < -0.3 is 10.2 Å². The van der Waals surface area contributed by atoms with Gasteiger partial charge in [0.25, 0.3) is 0 Å². The molecule has 4 fully saturated rings. The van der Waals surface area contributed by atoms with Crippen molar-refractivity contribution >= 4 is 15.9 Å². The van der Waals surface area contributed by atoms with Gasteiger partial charge in [-0.1, -0.05) is 42.6 Å². The van der Waals surface area contributed by atoms with Crippen molar-refractivity contribution in [2.45, 2.75) is 82.2 Å². The number of aliphatic hydroxyl groups excluding tert-OH is 2. The van der Waals surface area contributed by atoms with Crippen molar-refractivity contribution in [2.24, 2.45) is 34.5 Å². The molecular weight excluding hydrogens is 340 g/mol. The number of hydrogen-bond acceptors (Lipinski definition) is 2. The molecule has 0 bridgehead atoms. The van der Waals surface area contributed by atoms with Gasteiger partial charge in [-0.2, -0.15) is 0 Å². The molecule has 4 aliphatic carbocycles. The molecule has 1 unspecified atom stereocenters. The monoisotopic (exact) mass is 370 g/mol. The largest absolute Gasteiger partial charge is 0.393 e. The number of rotatable bonds is 0. The van der Waals surface area contributed by atoms with Crippen molar-refractivity contribution in [1.29, 1.82) is 0 Å². The van der Waals surface area contributed by atoms with Crippen LogP contribution in [0.3, 0.4) is 0 Å². The smallest absolute Gasteiger partial charge is 0.0721 e. The second-order valence-electron chi connectivity index (χ2n) is 9.28. The first-order chi connectivity index (χ1) is 10.4. The van der Waals surface area contributed by atoms with E-state index in [1.54, 1.807) is 0 Å². The van der Waals surface area contributed by atoms with E-state index in [9.17, 15) is 10.2 Å². The Morgan fingerprint density at radius 1 is 0.909 bits per heavy atom. The van der Waals surface area contributed by atoms with Gasteiger partial charge in [-0.25, -0.2) is 0 Å². The van der Waals surface area contributed by atoms with Gasteiger partial charge in [0.15, 0.2) is 0 Å². The van der Waals surface area contributed by atoms with Gasteiger partial charge in [0.05, 0.1) is 12.2 Å². The van der Waals surface area contributed by atoms with E-state index in [1.165, 1.54) is 32.1 Å². The molecule has 0 heterocycles. The van der Waals surface area contributed by atoms with Gasteiger partial charge in [0.2, 0.25) is 0 Å². The summed E-state index contributed by atoms with van der Waals surface area (Å²) in [5.41, 5.74) is 0.451. The molecule has 22 heavy (non-hydrogen) atoms. The zero-order valence-electron chi connectivity index (χ0n) is 14.0. The quantitative estimate of drug-likeness (QED) is 0.629. The SMILES string of the molecule is C[C@]12CC[C@H]3[C@@H]([C@@H](O)CC4CCCC[C@@]43C)[C@@H]1C[C@@H](Br)[C@@H]2O. The minimum atomic E-state index is -0.248. The maximum absolute atomic E-state index is 11.0. The van der Waals surface area contributed by atoms with Gasteiger partial charge in [-0.05, 0) is 73.0 Å². The lowest BCUT2D eigenvalue weighted by atomic mass is 9.44. The highest BCUT2D eigenvalue weighted by molar-refractivity contribution is 9.09. The summed E-state index contributed by atoms with van der Waals surface area (Å²) in [4.78, 5) is 0.213. The Balaban J connectivity index is 1.70. The molecule has 4 aliphatic rings. The predicted octanol–water partition coefficient (Wildman–Crippen LogP) is 4.12. The third-order valence-electron chi connectivity index (χ3n) is 8.54. The lowest BCUT2D eigenvalue weighted by Crippen LogP contribution is -2.58. The summed E-state index contributed by atoms with van der Waals surface area (Å²) in [6.07, 6.45) is 9.40. The number of halogens is 1. The van der Waals surface area contributed by atoms with Crippen molar-refractivity contribution < 1.29 is 10.2 Å². The average Bonchev–Trinajstić information content (AvgIpc) is 2.71. The minimum absolute atomic E-state index is 0.00811. The van der Waals surface area contributed by atoms with Crippen LogP contribution in [0.15, 0.2) is 0 Å². The van der Waals surface area contributed by atoms with E-state index in [1.807, 2.05) is 0 Å². The van der Waals surface area contributed by atoms with Crippen LogP contribution in [0, 0.1) is 34.5 Å². The Bertz CT molecular complexity index is 455. The fourth-order valence-corrected chi connectivity index (χ4v) is 8.21. The van der Waals surface area contributed by atoms with Crippen LogP contribution in [0.1, 0.15) is 65.2 Å². The van der Waals surface area contributed by atoms with E-state index < -0.39 is 0 Å². The normalized spacial score (nSPS) is 61.2. The molecule has 126 valence electrons. The molecule has 0 aliphatic heterocycles. The molecule has 3 heteroatoms. The van der Waals surface area contributed by atoms with Crippen LogP contribution in [0.2, 0.25) is 0 Å². The molecule has 0 amide bonds. The van der Waals surface area contributed by atoms with Crippen molar-refractivity contribution in [3.63, 3.8) is 0 Å². The number of alkyl halides is 1. The summed E-state index contributed by atoms with van der Waals surface area (Å²) >= 11 is 3.72. The summed E-state index contributed by atoms with van der Waals surface area (Å²) in [6.45, 7) is 4.81. The highest BCUT2D eigenvalue weighted by Gasteiger charge is 2.63. The second kappa shape index (κ2) is 5.20. The van der Waals surface area contributed by atoms with E-state index in [0.29, 0.717) is 23.2 Å². The fraction of sp³-hybridized carbons (Fsp3) is 1.00. The Kier molecular flexibility index (Phi) is 3.76. The van der Waals surface area contributed by atoms with E-state index in [2.05, 4.69) is 29.8 Å². The fourth-order valence-electron chi connectivity index (χ4n) is 7.20. The molecule has 0 aromatic rings. The van der Waals surface area contributed by atoms with Crippen LogP contribution in [-0.4, -0.2) is 27.2 Å². The standard InChI is InChI=1S/C19H31BrO2/c1-18-7-4-3-5-11(18)9-15(21)16-12(18)6-8-19(2)13(16)10-14(20)17(19)22/h11-17,21-22H,3-10H2,1-2H3/t11?,12-,13-,14+,15-,16+,17-,18-,19-/m0/s1. The van der Waals surface area contributed by atoms with Gasteiger partial charge in [-0.3, -0.25) is 0 Å². The van der Waals surface area contributed by atoms with Gasteiger partial charge in [0.1, 0.15) is 0 Å². The summed E-state index contributed by atoms with van der Waals surface area (Å²) in [5, 5.41) is 21.7. The molecule has 0 aromatic carbocycles. The average molecular weight is 371 g/mol. The van der Waals surface area contributed by atoms with Crippen LogP contribution < -0.4 is 0 Å². The zero-order chi connectivity index (χ0) is 15.7. The van der Waals surface area contributed by atoms with Crippen LogP contribution in [0.25, 0.3) is 0 Å². The predicted molar refractivity (Wildman–Crippen MR) is 91.8 cm³/mol. The maximum Gasteiger partial charge on any atom is 0.0721 e. The summed E-state index contributed by atoms with van der Waals surface area (Å²) in [5.74, 6) is 2.30. The molecule has 9 atom stereocenters. The Hall–Kier alpha value is 0.400. The molecule has 2 N–H and O–H groups in total. The summed E-state index contributed by atoms with van der Waals surface area (Å²) < 4.78 is 0. The lowest BCUT2D eigenvalue weighted by Gasteiger charge is -2.61. The van der Waals surface area contributed by atoms with E-state index in [0.717, 1.165) is 25.2 Å². The molecule has 0 aromatic heterocycles. The van der Waals surface area contributed by atoms with Crippen molar-refractivity contribution in [3.05, 3.63) is 0 Å². The molecule has 0 spiro atoms. The number of hydrogen-bond donors (Lipinski definition) is 2. The Morgan fingerprint density at radius 2 is 1.68 bits per heavy atom. The highest BCUT2D eigenvalue weighted by atomic mass is 79.9. The molecular formula is C19H31BrO2. The molecule has 0 radical (unpaired) electrons. The van der Waals surface area contributed by atoms with Crippen LogP contribution in [-0.2, 0) is 0 Å².